The Morgan fingerprint density at radius 3 is 2.70 bits per heavy atom. The van der Waals surface area contributed by atoms with Crippen LogP contribution in [0.15, 0.2) is 36.5 Å². The van der Waals surface area contributed by atoms with Gasteiger partial charge in [-0.15, -0.1) is 0 Å². The molecule has 4 nitrogen and oxygen atoms in total. The van der Waals surface area contributed by atoms with E-state index in [9.17, 15) is 4.79 Å². The summed E-state index contributed by atoms with van der Waals surface area (Å²) in [5.41, 5.74) is 5.03. The van der Waals surface area contributed by atoms with Crippen LogP contribution < -0.4 is 0 Å². The van der Waals surface area contributed by atoms with Crippen molar-refractivity contribution in [3.8, 4) is 0 Å². The van der Waals surface area contributed by atoms with Crippen LogP contribution in [-0.2, 0) is 17.6 Å². The number of amides is 1. The third kappa shape index (κ3) is 3.88. The molecule has 1 aromatic carbocycles. The van der Waals surface area contributed by atoms with E-state index in [4.69, 9.17) is 16.6 Å². The van der Waals surface area contributed by atoms with Gasteiger partial charge in [0.05, 0.1) is 11.7 Å². The molecule has 30 heavy (non-hydrogen) atoms. The first-order chi connectivity index (χ1) is 14.4. The van der Waals surface area contributed by atoms with E-state index in [1.165, 1.54) is 16.7 Å². The fourth-order valence-electron chi connectivity index (χ4n) is 5.15. The number of carbonyl (C=O) groups is 1. The zero-order chi connectivity index (χ0) is 21.4. The van der Waals surface area contributed by atoms with E-state index < -0.39 is 0 Å². The van der Waals surface area contributed by atoms with Gasteiger partial charge in [-0.05, 0) is 87.9 Å². The van der Waals surface area contributed by atoms with Gasteiger partial charge in [-0.25, -0.2) is 0 Å². The number of likely N-dealkylation sites (tertiary alicyclic amines) is 1. The van der Waals surface area contributed by atoms with Gasteiger partial charge < -0.3 is 4.90 Å². The van der Waals surface area contributed by atoms with E-state index >= 15 is 0 Å². The van der Waals surface area contributed by atoms with E-state index in [0.717, 1.165) is 42.9 Å². The summed E-state index contributed by atoms with van der Waals surface area (Å²) in [6.45, 7) is 5.05. The van der Waals surface area contributed by atoms with Crippen molar-refractivity contribution < 1.29 is 4.79 Å². The number of rotatable bonds is 3. The van der Waals surface area contributed by atoms with Gasteiger partial charge in [-0.1, -0.05) is 29.8 Å². The Labute approximate surface area is 185 Å². The van der Waals surface area contributed by atoms with E-state index in [-0.39, 0.29) is 23.9 Å². The van der Waals surface area contributed by atoms with Gasteiger partial charge in [0.2, 0.25) is 5.91 Å². The molecule has 4 rings (SSSR count). The number of aryl methyl sites for hydroxylation is 2. The summed E-state index contributed by atoms with van der Waals surface area (Å²) in [5.74, 6) is 0.688. The Morgan fingerprint density at radius 2 is 1.93 bits per heavy atom. The van der Waals surface area contributed by atoms with E-state index in [1.807, 2.05) is 30.3 Å². The standard InChI is InChI=1S/C25H32ClN3O/c1-16(2)29(4)25(30)21-15-19(12-14-28(21)3)23-22-17(7-5-9-20(22)26)10-11-18-8-6-13-27-24(18)23/h5-9,13,16,19,21,23H,10-12,14-15H2,1-4H3/t19?,21-,23?/m1/s1. The molecule has 1 fully saturated rings. The predicted octanol–water partition coefficient (Wildman–Crippen LogP) is 4.54. The van der Waals surface area contributed by atoms with Gasteiger partial charge in [0.25, 0.3) is 0 Å². The maximum atomic E-state index is 13.2. The van der Waals surface area contributed by atoms with E-state index in [1.54, 1.807) is 0 Å². The molecule has 2 unspecified atom stereocenters. The van der Waals surface area contributed by atoms with Gasteiger partial charge in [0, 0.05) is 30.2 Å². The van der Waals surface area contributed by atoms with Crippen LogP contribution in [0.2, 0.25) is 5.02 Å². The molecule has 1 amide bonds. The molecule has 0 radical (unpaired) electrons. The van der Waals surface area contributed by atoms with Crippen molar-refractivity contribution in [1.82, 2.24) is 14.8 Å². The van der Waals surface area contributed by atoms with Crippen LogP contribution >= 0.6 is 11.6 Å². The largest absolute Gasteiger partial charge is 0.342 e. The Bertz CT molecular complexity index is 928. The number of nitrogens with zero attached hydrogens (tertiary/aromatic N) is 3. The number of pyridine rings is 1. The summed E-state index contributed by atoms with van der Waals surface area (Å²) in [4.78, 5) is 22.2. The number of benzene rings is 1. The fraction of sp³-hybridized carbons (Fsp3) is 0.520. The first kappa shape index (κ1) is 21.3. The van der Waals surface area contributed by atoms with Crippen LogP contribution in [-0.4, -0.2) is 53.4 Å². The SMILES string of the molecule is CC(C)N(C)C(=O)[C@H]1CC(C2c3ncccc3CCc3cccc(Cl)c32)CCN1C. The zero-order valence-corrected chi connectivity index (χ0v) is 19.2. The number of carbonyl (C=O) groups excluding carboxylic acids is 1. The van der Waals surface area contributed by atoms with Crippen molar-refractivity contribution in [2.75, 3.05) is 20.6 Å². The number of aromatic nitrogens is 1. The molecule has 1 aliphatic heterocycles. The second kappa shape index (κ2) is 8.68. The van der Waals surface area contributed by atoms with Crippen molar-refractivity contribution in [2.24, 2.45) is 5.92 Å². The summed E-state index contributed by atoms with van der Waals surface area (Å²) in [5, 5.41) is 0.831. The lowest BCUT2D eigenvalue weighted by Crippen LogP contribution is -2.52. The molecule has 1 saturated heterocycles. The predicted molar refractivity (Wildman–Crippen MR) is 122 cm³/mol. The van der Waals surface area contributed by atoms with E-state index in [2.05, 4.69) is 44.0 Å². The lowest BCUT2D eigenvalue weighted by atomic mass is 9.74. The molecule has 0 spiro atoms. The Balaban J connectivity index is 1.75. The van der Waals surface area contributed by atoms with Gasteiger partial charge in [-0.2, -0.15) is 0 Å². The maximum absolute atomic E-state index is 13.2. The quantitative estimate of drug-likeness (QED) is 0.724. The third-order valence-electron chi connectivity index (χ3n) is 7.13. The number of hydrogen-bond acceptors (Lipinski definition) is 3. The lowest BCUT2D eigenvalue weighted by Gasteiger charge is -2.41. The topological polar surface area (TPSA) is 36.4 Å². The first-order valence-electron chi connectivity index (χ1n) is 11.1. The minimum Gasteiger partial charge on any atom is -0.342 e. The Kier molecular flexibility index (Phi) is 6.17. The zero-order valence-electron chi connectivity index (χ0n) is 18.4. The van der Waals surface area contributed by atoms with Gasteiger partial charge in [-0.3, -0.25) is 14.7 Å². The highest BCUT2D eigenvalue weighted by atomic mass is 35.5. The monoisotopic (exact) mass is 425 g/mol. The average molecular weight is 426 g/mol. The number of halogens is 1. The molecule has 0 N–H and O–H groups in total. The Hall–Kier alpha value is -1.91. The van der Waals surface area contributed by atoms with Crippen LogP contribution in [0.25, 0.3) is 0 Å². The van der Waals surface area contributed by atoms with Crippen molar-refractivity contribution in [3.05, 3.63) is 63.9 Å². The summed E-state index contributed by atoms with van der Waals surface area (Å²) in [6, 6.07) is 10.6. The number of likely N-dealkylation sites (N-methyl/N-ethyl adjacent to an activating group) is 2. The smallest absolute Gasteiger partial charge is 0.239 e. The molecular formula is C25H32ClN3O. The minimum atomic E-state index is -0.0995. The minimum absolute atomic E-state index is 0.0995. The summed E-state index contributed by atoms with van der Waals surface area (Å²) in [6.07, 6.45) is 5.74. The fourth-order valence-corrected chi connectivity index (χ4v) is 5.46. The average Bonchev–Trinajstić information content (AvgIpc) is 2.91. The van der Waals surface area contributed by atoms with Crippen LogP contribution in [0.5, 0.6) is 0 Å². The second-order valence-corrected chi connectivity index (χ2v) is 9.57. The molecule has 2 aliphatic rings. The van der Waals surface area contributed by atoms with Gasteiger partial charge >= 0.3 is 0 Å². The summed E-state index contributed by atoms with van der Waals surface area (Å²) in [7, 11) is 3.99. The molecule has 1 aliphatic carbocycles. The molecular weight excluding hydrogens is 394 g/mol. The van der Waals surface area contributed by atoms with Gasteiger partial charge in [0.15, 0.2) is 0 Å². The highest BCUT2D eigenvalue weighted by Gasteiger charge is 2.40. The van der Waals surface area contributed by atoms with Crippen molar-refractivity contribution >= 4 is 17.5 Å². The molecule has 1 aromatic heterocycles. The number of piperidine rings is 1. The van der Waals surface area contributed by atoms with Crippen molar-refractivity contribution in [1.29, 1.82) is 0 Å². The first-order valence-corrected chi connectivity index (χ1v) is 11.4. The summed E-state index contributed by atoms with van der Waals surface area (Å²) >= 11 is 6.80. The van der Waals surface area contributed by atoms with Crippen LogP contribution in [0.4, 0.5) is 0 Å². The van der Waals surface area contributed by atoms with Gasteiger partial charge in [0.1, 0.15) is 0 Å². The van der Waals surface area contributed by atoms with Crippen LogP contribution in [0, 0.1) is 5.92 Å². The molecule has 5 heteroatoms. The van der Waals surface area contributed by atoms with Crippen molar-refractivity contribution in [3.63, 3.8) is 0 Å². The number of fused-ring (bicyclic) bond motifs is 2. The molecule has 0 bridgehead atoms. The highest BCUT2D eigenvalue weighted by molar-refractivity contribution is 6.31. The molecule has 2 aromatic rings. The van der Waals surface area contributed by atoms with Crippen LogP contribution in [0.1, 0.15) is 55.0 Å². The number of hydrogen-bond donors (Lipinski definition) is 0. The van der Waals surface area contributed by atoms with Crippen molar-refractivity contribution in [2.45, 2.75) is 57.5 Å². The normalized spacial score (nSPS) is 24.1. The molecule has 3 atom stereocenters. The Morgan fingerprint density at radius 1 is 1.20 bits per heavy atom. The highest BCUT2D eigenvalue weighted by Crippen LogP contribution is 2.45. The van der Waals surface area contributed by atoms with Crippen LogP contribution in [0.3, 0.4) is 0 Å². The molecule has 0 saturated carbocycles. The summed E-state index contributed by atoms with van der Waals surface area (Å²) < 4.78 is 0. The second-order valence-electron chi connectivity index (χ2n) is 9.16. The van der Waals surface area contributed by atoms with E-state index in [0.29, 0.717) is 5.92 Å². The molecule has 160 valence electrons. The lowest BCUT2D eigenvalue weighted by molar-refractivity contribution is -0.138. The third-order valence-corrected chi connectivity index (χ3v) is 7.46. The molecule has 2 heterocycles. The maximum Gasteiger partial charge on any atom is 0.239 e.